The SMILES string of the molecule is [B]c1cc(N)c(C)cc1OC. The van der Waals surface area contributed by atoms with Crippen LogP contribution in [0.1, 0.15) is 5.56 Å². The fourth-order valence-corrected chi connectivity index (χ4v) is 0.893. The summed E-state index contributed by atoms with van der Waals surface area (Å²) in [5.74, 6) is 0.678. The van der Waals surface area contributed by atoms with Gasteiger partial charge in [0.25, 0.3) is 0 Å². The van der Waals surface area contributed by atoms with Crippen LogP contribution in [0.2, 0.25) is 0 Å². The molecule has 0 bridgehead atoms. The van der Waals surface area contributed by atoms with Gasteiger partial charge in [0, 0.05) is 5.69 Å². The number of hydrogen-bond acceptors (Lipinski definition) is 2. The van der Waals surface area contributed by atoms with Crippen LogP contribution >= 0.6 is 0 Å². The minimum Gasteiger partial charge on any atom is -0.497 e. The van der Waals surface area contributed by atoms with Crippen LogP contribution in [-0.2, 0) is 0 Å². The van der Waals surface area contributed by atoms with Gasteiger partial charge in [-0.25, -0.2) is 0 Å². The predicted molar refractivity (Wildman–Crippen MR) is 47.5 cm³/mol. The number of aryl methyl sites for hydroxylation is 1. The lowest BCUT2D eigenvalue weighted by molar-refractivity contribution is 0.418. The van der Waals surface area contributed by atoms with Crippen molar-refractivity contribution in [3.63, 3.8) is 0 Å². The van der Waals surface area contributed by atoms with Crippen molar-refractivity contribution >= 4 is 19.0 Å². The highest BCUT2D eigenvalue weighted by atomic mass is 16.5. The van der Waals surface area contributed by atoms with E-state index in [4.69, 9.17) is 18.3 Å². The fraction of sp³-hybridized carbons (Fsp3) is 0.250. The Morgan fingerprint density at radius 1 is 1.45 bits per heavy atom. The Labute approximate surface area is 67.8 Å². The average Bonchev–Trinajstić information content (AvgIpc) is 1.97. The van der Waals surface area contributed by atoms with Crippen molar-refractivity contribution < 1.29 is 4.74 Å². The summed E-state index contributed by atoms with van der Waals surface area (Å²) in [5, 5.41) is 0. The topological polar surface area (TPSA) is 35.2 Å². The molecule has 0 saturated carbocycles. The normalized spacial score (nSPS) is 9.64. The first-order valence-electron chi connectivity index (χ1n) is 3.34. The van der Waals surface area contributed by atoms with E-state index in [1.165, 1.54) is 0 Å². The van der Waals surface area contributed by atoms with Crippen molar-refractivity contribution in [1.82, 2.24) is 0 Å². The van der Waals surface area contributed by atoms with Crippen LogP contribution in [0.25, 0.3) is 0 Å². The summed E-state index contributed by atoms with van der Waals surface area (Å²) in [4.78, 5) is 0. The molecule has 2 N–H and O–H groups in total. The quantitative estimate of drug-likeness (QED) is 0.460. The molecule has 2 radical (unpaired) electrons. The Kier molecular flexibility index (Phi) is 2.08. The summed E-state index contributed by atoms with van der Waals surface area (Å²) in [5.41, 5.74) is 7.87. The van der Waals surface area contributed by atoms with E-state index in [9.17, 15) is 0 Å². The van der Waals surface area contributed by atoms with E-state index in [-0.39, 0.29) is 0 Å². The minimum atomic E-state index is 0.579. The molecule has 0 unspecified atom stereocenters. The van der Waals surface area contributed by atoms with Gasteiger partial charge in [-0.15, -0.1) is 0 Å². The molecule has 0 heterocycles. The zero-order chi connectivity index (χ0) is 8.43. The summed E-state index contributed by atoms with van der Waals surface area (Å²) in [6.07, 6.45) is 0. The number of nitrogen functional groups attached to an aromatic ring is 1. The average molecular weight is 147 g/mol. The standard InChI is InChI=1S/C8H10BNO/c1-5-3-8(11-2)6(9)4-7(5)10/h3-4H,10H2,1-2H3. The Balaban J connectivity index is 3.21. The van der Waals surface area contributed by atoms with Crippen LogP contribution in [0.5, 0.6) is 5.75 Å². The Hall–Kier alpha value is -1.12. The van der Waals surface area contributed by atoms with E-state index < -0.39 is 0 Å². The van der Waals surface area contributed by atoms with Gasteiger partial charge in [0.1, 0.15) is 13.6 Å². The monoisotopic (exact) mass is 147 g/mol. The molecule has 0 aliphatic heterocycles. The highest BCUT2D eigenvalue weighted by molar-refractivity contribution is 6.34. The van der Waals surface area contributed by atoms with E-state index in [0.717, 1.165) is 5.56 Å². The molecule has 11 heavy (non-hydrogen) atoms. The summed E-state index contributed by atoms with van der Waals surface area (Å²) in [6.45, 7) is 1.91. The lowest BCUT2D eigenvalue weighted by atomic mass is 9.93. The maximum atomic E-state index is 5.61. The van der Waals surface area contributed by atoms with Crippen molar-refractivity contribution in [2.24, 2.45) is 0 Å². The molecule has 3 heteroatoms. The zero-order valence-electron chi connectivity index (χ0n) is 6.72. The number of anilines is 1. The van der Waals surface area contributed by atoms with Crippen LogP contribution in [-0.4, -0.2) is 15.0 Å². The van der Waals surface area contributed by atoms with Crippen LogP contribution in [0.15, 0.2) is 12.1 Å². The lowest BCUT2D eigenvalue weighted by Gasteiger charge is -2.07. The third kappa shape index (κ3) is 1.48. The van der Waals surface area contributed by atoms with E-state index >= 15 is 0 Å². The van der Waals surface area contributed by atoms with Crippen molar-refractivity contribution in [1.29, 1.82) is 0 Å². The van der Waals surface area contributed by atoms with Gasteiger partial charge in [0.2, 0.25) is 0 Å². The van der Waals surface area contributed by atoms with Crippen LogP contribution in [0, 0.1) is 6.92 Å². The Morgan fingerprint density at radius 3 is 2.64 bits per heavy atom. The molecule has 0 spiro atoms. The Bertz CT molecular complexity index is 273. The Morgan fingerprint density at radius 2 is 2.09 bits per heavy atom. The summed E-state index contributed by atoms with van der Waals surface area (Å²) >= 11 is 0. The molecular formula is C8H10BNO. The molecule has 0 aliphatic rings. The van der Waals surface area contributed by atoms with Crippen LogP contribution in [0.4, 0.5) is 5.69 Å². The van der Waals surface area contributed by atoms with E-state index in [1.807, 2.05) is 13.0 Å². The molecule has 2 nitrogen and oxygen atoms in total. The van der Waals surface area contributed by atoms with E-state index in [0.29, 0.717) is 16.9 Å². The third-order valence-electron chi connectivity index (χ3n) is 1.62. The molecule has 1 aromatic rings. The molecule has 1 rings (SSSR count). The first kappa shape index (κ1) is 7.99. The van der Waals surface area contributed by atoms with Crippen molar-refractivity contribution in [2.75, 3.05) is 12.8 Å². The molecule has 0 aromatic heterocycles. The van der Waals surface area contributed by atoms with Crippen molar-refractivity contribution in [2.45, 2.75) is 6.92 Å². The van der Waals surface area contributed by atoms with Gasteiger partial charge in [0.05, 0.1) is 7.11 Å². The highest BCUT2D eigenvalue weighted by Gasteiger charge is 1.99. The second-order valence-corrected chi connectivity index (χ2v) is 2.45. The highest BCUT2D eigenvalue weighted by Crippen LogP contribution is 2.14. The number of nitrogens with two attached hydrogens (primary N) is 1. The molecular weight excluding hydrogens is 137 g/mol. The van der Waals surface area contributed by atoms with Crippen LogP contribution in [0.3, 0.4) is 0 Å². The molecule has 0 saturated heterocycles. The minimum absolute atomic E-state index is 0.579. The fourth-order valence-electron chi connectivity index (χ4n) is 0.893. The van der Waals surface area contributed by atoms with Crippen molar-refractivity contribution in [3.05, 3.63) is 17.7 Å². The third-order valence-corrected chi connectivity index (χ3v) is 1.62. The number of benzene rings is 1. The lowest BCUT2D eigenvalue weighted by Crippen LogP contribution is -2.09. The first-order valence-corrected chi connectivity index (χ1v) is 3.34. The first-order chi connectivity index (χ1) is 5.15. The molecule has 1 aromatic carbocycles. The van der Waals surface area contributed by atoms with Gasteiger partial charge in [-0.05, 0) is 24.6 Å². The zero-order valence-corrected chi connectivity index (χ0v) is 6.72. The number of methoxy groups -OCH3 is 1. The van der Waals surface area contributed by atoms with Gasteiger partial charge in [-0.2, -0.15) is 0 Å². The number of rotatable bonds is 1. The summed E-state index contributed by atoms with van der Waals surface area (Å²) in [7, 11) is 7.18. The molecule has 0 aliphatic carbocycles. The molecule has 0 amide bonds. The molecule has 0 fully saturated rings. The van der Waals surface area contributed by atoms with E-state index in [2.05, 4.69) is 0 Å². The second kappa shape index (κ2) is 2.87. The van der Waals surface area contributed by atoms with Crippen molar-refractivity contribution in [3.8, 4) is 5.75 Å². The van der Waals surface area contributed by atoms with Gasteiger partial charge < -0.3 is 10.5 Å². The number of ether oxygens (including phenoxy) is 1. The van der Waals surface area contributed by atoms with Crippen LogP contribution < -0.4 is 15.9 Å². The largest absolute Gasteiger partial charge is 0.497 e. The predicted octanol–water partition coefficient (Wildman–Crippen LogP) is 0.380. The van der Waals surface area contributed by atoms with Gasteiger partial charge in [-0.3, -0.25) is 0 Å². The maximum Gasteiger partial charge on any atom is 0.119 e. The maximum absolute atomic E-state index is 5.61. The summed E-state index contributed by atoms with van der Waals surface area (Å²) in [6, 6.07) is 3.53. The molecule has 0 atom stereocenters. The van der Waals surface area contributed by atoms with Gasteiger partial charge >= 0.3 is 0 Å². The van der Waals surface area contributed by atoms with Gasteiger partial charge in [-0.1, -0.05) is 5.46 Å². The second-order valence-electron chi connectivity index (χ2n) is 2.45. The van der Waals surface area contributed by atoms with Gasteiger partial charge in [0.15, 0.2) is 0 Å². The number of hydrogen-bond donors (Lipinski definition) is 1. The molecule has 56 valence electrons. The smallest absolute Gasteiger partial charge is 0.119 e. The summed E-state index contributed by atoms with van der Waals surface area (Å²) < 4.78 is 5.00. The van der Waals surface area contributed by atoms with E-state index in [1.54, 1.807) is 13.2 Å².